The van der Waals surface area contributed by atoms with Gasteiger partial charge in [0.25, 0.3) is 0 Å². The first-order chi connectivity index (χ1) is 8.45. The van der Waals surface area contributed by atoms with Crippen LogP contribution in [0.5, 0.6) is 0 Å². The number of aliphatic imine (C=N–C) groups is 1. The molecule has 104 valence electrons. The molecule has 0 aromatic heterocycles. The average Bonchev–Trinajstić information content (AvgIpc) is 2.76. The Morgan fingerprint density at radius 2 is 2.11 bits per heavy atom. The highest BCUT2D eigenvalue weighted by molar-refractivity contribution is 8.14. The zero-order chi connectivity index (χ0) is 13.4. The number of fused-ring (bicyclic) bond motifs is 1. The predicted octanol–water partition coefficient (Wildman–Crippen LogP) is -0.763. The minimum atomic E-state index is -1.11. The number of rotatable bonds is 2. The van der Waals surface area contributed by atoms with Crippen LogP contribution in [0, 0.1) is 0 Å². The van der Waals surface area contributed by atoms with Crippen LogP contribution in [0.15, 0.2) is 4.99 Å². The van der Waals surface area contributed by atoms with Gasteiger partial charge in [-0.3, -0.25) is 4.99 Å². The third-order valence-corrected chi connectivity index (χ3v) is 4.61. The standard InChI is InChI=1S/C11H20N2O4S/c1-4-13(3)11-12-6-7(15)8(16)9(5(2)14)17-10(6)18-11/h5-10,14-16H,4H2,1-3H3. The lowest BCUT2D eigenvalue weighted by Crippen LogP contribution is -2.57. The summed E-state index contributed by atoms with van der Waals surface area (Å²) >= 11 is 1.43. The van der Waals surface area contributed by atoms with Crippen molar-refractivity contribution in [1.29, 1.82) is 0 Å². The van der Waals surface area contributed by atoms with Gasteiger partial charge in [-0.05, 0) is 13.8 Å². The van der Waals surface area contributed by atoms with E-state index in [-0.39, 0.29) is 5.44 Å². The van der Waals surface area contributed by atoms with Crippen molar-refractivity contribution in [3.63, 3.8) is 0 Å². The Hall–Kier alpha value is -0.340. The smallest absolute Gasteiger partial charge is 0.162 e. The maximum atomic E-state index is 10.1. The molecule has 2 heterocycles. The van der Waals surface area contributed by atoms with Crippen molar-refractivity contribution in [2.24, 2.45) is 4.99 Å². The molecule has 0 radical (unpaired) electrons. The third-order valence-electron chi connectivity index (χ3n) is 3.36. The van der Waals surface area contributed by atoms with E-state index in [1.807, 2.05) is 18.9 Å². The van der Waals surface area contributed by atoms with Crippen molar-refractivity contribution in [2.75, 3.05) is 13.6 Å². The monoisotopic (exact) mass is 276 g/mol. The fourth-order valence-corrected chi connectivity index (χ4v) is 3.34. The molecule has 7 heteroatoms. The molecule has 0 aromatic rings. The number of thioether (sulfide) groups is 1. The first kappa shape index (κ1) is 14.1. The van der Waals surface area contributed by atoms with Crippen LogP contribution >= 0.6 is 11.8 Å². The van der Waals surface area contributed by atoms with Crippen LogP contribution in [0.3, 0.4) is 0 Å². The van der Waals surface area contributed by atoms with E-state index in [9.17, 15) is 15.3 Å². The lowest BCUT2D eigenvalue weighted by atomic mass is 9.95. The van der Waals surface area contributed by atoms with Gasteiger partial charge in [-0.2, -0.15) is 0 Å². The number of ether oxygens (including phenoxy) is 1. The highest BCUT2D eigenvalue weighted by Gasteiger charge is 2.49. The van der Waals surface area contributed by atoms with Gasteiger partial charge in [0.05, 0.1) is 6.10 Å². The zero-order valence-electron chi connectivity index (χ0n) is 10.7. The molecular weight excluding hydrogens is 256 g/mol. The minimum absolute atomic E-state index is 0.341. The maximum Gasteiger partial charge on any atom is 0.162 e. The Morgan fingerprint density at radius 3 is 2.67 bits per heavy atom. The summed E-state index contributed by atoms with van der Waals surface area (Å²) in [6, 6.07) is -0.469. The van der Waals surface area contributed by atoms with Crippen LogP contribution in [0.4, 0.5) is 0 Å². The van der Waals surface area contributed by atoms with Gasteiger partial charge in [0.15, 0.2) is 5.17 Å². The highest BCUT2D eigenvalue weighted by Crippen LogP contribution is 2.37. The number of aliphatic hydroxyl groups excluding tert-OH is 3. The number of hydrogen-bond acceptors (Lipinski definition) is 7. The van der Waals surface area contributed by atoms with Gasteiger partial charge in [-0.25, -0.2) is 0 Å². The van der Waals surface area contributed by atoms with Crippen molar-refractivity contribution in [2.45, 2.75) is 49.7 Å². The van der Waals surface area contributed by atoms with Gasteiger partial charge in [0, 0.05) is 13.6 Å². The fraction of sp³-hybridized carbons (Fsp3) is 0.909. The molecule has 0 bridgehead atoms. The van der Waals surface area contributed by atoms with E-state index >= 15 is 0 Å². The van der Waals surface area contributed by atoms with E-state index in [0.717, 1.165) is 11.7 Å². The summed E-state index contributed by atoms with van der Waals surface area (Å²) in [7, 11) is 1.91. The van der Waals surface area contributed by atoms with E-state index < -0.39 is 30.5 Å². The normalized spacial score (nSPS) is 41.2. The first-order valence-electron chi connectivity index (χ1n) is 6.11. The van der Waals surface area contributed by atoms with E-state index in [0.29, 0.717) is 0 Å². The van der Waals surface area contributed by atoms with E-state index in [2.05, 4.69) is 4.99 Å². The number of hydrogen-bond donors (Lipinski definition) is 3. The molecule has 2 rings (SSSR count). The van der Waals surface area contributed by atoms with Crippen molar-refractivity contribution in [3.8, 4) is 0 Å². The SMILES string of the molecule is CCN(C)C1=NC2C(OC(C(C)O)C(O)C2O)S1. The molecule has 6 atom stereocenters. The predicted molar refractivity (Wildman–Crippen MR) is 69.5 cm³/mol. The molecule has 2 aliphatic heterocycles. The molecule has 0 amide bonds. The number of amidine groups is 1. The summed E-state index contributed by atoms with van der Waals surface area (Å²) in [5, 5.41) is 30.3. The molecule has 0 spiro atoms. The molecule has 0 saturated carbocycles. The Morgan fingerprint density at radius 1 is 1.44 bits per heavy atom. The Bertz CT molecular complexity index is 339. The van der Waals surface area contributed by atoms with Gasteiger partial charge in [0.2, 0.25) is 0 Å². The minimum Gasteiger partial charge on any atom is -0.391 e. The second-order valence-electron chi connectivity index (χ2n) is 4.73. The van der Waals surface area contributed by atoms with Crippen LogP contribution < -0.4 is 0 Å². The van der Waals surface area contributed by atoms with Crippen molar-refractivity contribution < 1.29 is 20.1 Å². The summed E-state index contributed by atoms with van der Waals surface area (Å²) in [5.41, 5.74) is -0.341. The molecule has 6 nitrogen and oxygen atoms in total. The highest BCUT2D eigenvalue weighted by atomic mass is 32.2. The molecule has 6 unspecified atom stereocenters. The second-order valence-corrected chi connectivity index (χ2v) is 5.79. The van der Waals surface area contributed by atoms with Crippen LogP contribution in [0.1, 0.15) is 13.8 Å². The summed E-state index contributed by atoms with van der Waals surface area (Å²) in [4.78, 5) is 6.36. The Kier molecular flexibility index (Phi) is 4.18. The second kappa shape index (κ2) is 5.34. The largest absolute Gasteiger partial charge is 0.391 e. The zero-order valence-corrected chi connectivity index (χ0v) is 11.5. The van der Waals surface area contributed by atoms with Crippen LogP contribution in [-0.2, 0) is 4.74 Å². The van der Waals surface area contributed by atoms with Gasteiger partial charge in [-0.1, -0.05) is 11.8 Å². The average molecular weight is 276 g/mol. The molecule has 1 saturated heterocycles. The fourth-order valence-electron chi connectivity index (χ4n) is 2.09. The molecule has 2 aliphatic rings. The Labute approximate surface area is 111 Å². The van der Waals surface area contributed by atoms with Gasteiger partial charge in [-0.15, -0.1) is 0 Å². The van der Waals surface area contributed by atoms with Gasteiger partial charge >= 0.3 is 0 Å². The summed E-state index contributed by atoms with van der Waals surface area (Å²) in [6.45, 7) is 4.36. The third kappa shape index (κ3) is 2.37. The molecule has 1 fully saturated rings. The first-order valence-corrected chi connectivity index (χ1v) is 6.99. The lowest BCUT2D eigenvalue weighted by molar-refractivity contribution is -0.181. The van der Waals surface area contributed by atoms with Crippen molar-refractivity contribution >= 4 is 16.9 Å². The quantitative estimate of drug-likeness (QED) is 0.614. The molecular formula is C11H20N2O4S. The van der Waals surface area contributed by atoms with E-state index in [4.69, 9.17) is 4.74 Å². The maximum absolute atomic E-state index is 10.1. The molecule has 0 aliphatic carbocycles. The Balaban J connectivity index is 2.13. The topological polar surface area (TPSA) is 85.5 Å². The lowest BCUT2D eigenvalue weighted by Gasteiger charge is -2.39. The molecule has 0 aromatic carbocycles. The van der Waals surface area contributed by atoms with Crippen molar-refractivity contribution in [1.82, 2.24) is 4.90 Å². The number of nitrogens with zero attached hydrogens (tertiary/aromatic N) is 2. The number of aliphatic hydroxyl groups is 3. The van der Waals surface area contributed by atoms with E-state index in [1.54, 1.807) is 6.92 Å². The van der Waals surface area contributed by atoms with Gasteiger partial charge in [0.1, 0.15) is 29.8 Å². The van der Waals surface area contributed by atoms with Crippen LogP contribution in [-0.4, -0.2) is 74.9 Å². The van der Waals surface area contributed by atoms with Crippen LogP contribution in [0.25, 0.3) is 0 Å². The summed E-state index contributed by atoms with van der Waals surface area (Å²) in [5.74, 6) is 0. The van der Waals surface area contributed by atoms with E-state index in [1.165, 1.54) is 11.8 Å². The summed E-state index contributed by atoms with van der Waals surface area (Å²) < 4.78 is 5.64. The summed E-state index contributed by atoms with van der Waals surface area (Å²) in [6.07, 6.45) is -3.71. The molecule has 18 heavy (non-hydrogen) atoms. The van der Waals surface area contributed by atoms with Crippen LogP contribution in [0.2, 0.25) is 0 Å². The van der Waals surface area contributed by atoms with Gasteiger partial charge < -0.3 is 25.0 Å². The van der Waals surface area contributed by atoms with Crippen molar-refractivity contribution in [3.05, 3.63) is 0 Å². The molecule has 3 N–H and O–H groups in total.